The summed E-state index contributed by atoms with van der Waals surface area (Å²) < 4.78 is 5.26. The molecule has 0 fully saturated rings. The van der Waals surface area contributed by atoms with Crippen LogP contribution in [0.5, 0.6) is 0 Å². The fraction of sp³-hybridized carbons (Fsp3) is 0.925. The first-order valence-electron chi connectivity index (χ1n) is 19.9. The minimum Gasteiger partial charge on any atom is -0.234 e. The highest BCUT2D eigenvalue weighted by atomic mass is 15.1. The zero-order valence-electron chi connectivity index (χ0n) is 29.6. The number of hydrogen-bond donors (Lipinski definition) is 0. The number of imidazole rings is 1. The molecule has 0 spiro atoms. The normalized spacial score (nSPS) is 11.6. The van der Waals surface area contributed by atoms with Crippen molar-refractivity contribution in [1.82, 2.24) is 4.57 Å². The van der Waals surface area contributed by atoms with Gasteiger partial charge in [0.25, 0.3) is 5.82 Å². The molecular weight excluding hydrogens is 508 g/mol. The molecule has 0 amide bonds. The first kappa shape index (κ1) is 39.2. The predicted octanol–water partition coefficient (Wildman–Crippen LogP) is 13.5. The molecule has 0 aliphatic rings. The van der Waals surface area contributed by atoms with Crippen LogP contribution in [0.1, 0.15) is 226 Å². The SMILES string of the molecule is CCCCCCCCCCCCCCCn1cc[n+](CCCCCCCCC)c1CCCCCCCCCCCCC. The Bertz CT molecular complexity index is 648. The lowest BCUT2D eigenvalue weighted by Crippen LogP contribution is -2.37. The van der Waals surface area contributed by atoms with Crippen molar-refractivity contribution in [3.8, 4) is 0 Å². The fourth-order valence-electron chi connectivity index (χ4n) is 6.68. The van der Waals surface area contributed by atoms with E-state index in [4.69, 9.17) is 0 Å². The lowest BCUT2D eigenvalue weighted by Gasteiger charge is -2.07. The lowest BCUT2D eigenvalue weighted by molar-refractivity contribution is -0.704. The molecule has 0 saturated carbocycles. The van der Waals surface area contributed by atoms with Crippen LogP contribution in [0.2, 0.25) is 0 Å². The van der Waals surface area contributed by atoms with Crippen molar-refractivity contribution in [2.75, 3.05) is 0 Å². The second kappa shape index (κ2) is 31.6. The molecule has 1 heterocycles. The monoisotopic (exact) mass is 588 g/mol. The van der Waals surface area contributed by atoms with Crippen LogP contribution in [0.3, 0.4) is 0 Å². The first-order valence-corrected chi connectivity index (χ1v) is 19.9. The van der Waals surface area contributed by atoms with Crippen molar-refractivity contribution >= 4 is 0 Å². The third kappa shape index (κ3) is 23.6. The van der Waals surface area contributed by atoms with Gasteiger partial charge in [0.2, 0.25) is 0 Å². The van der Waals surface area contributed by atoms with E-state index in [9.17, 15) is 0 Å². The number of aryl methyl sites for hydroxylation is 2. The quantitative estimate of drug-likeness (QED) is 0.0560. The Hall–Kier alpha value is -0.790. The lowest BCUT2D eigenvalue weighted by atomic mass is 10.0. The van der Waals surface area contributed by atoms with E-state index in [0.717, 1.165) is 0 Å². The third-order valence-electron chi connectivity index (χ3n) is 9.60. The first-order chi connectivity index (χ1) is 20.8. The number of nitrogens with zero attached hydrogens (tertiary/aromatic N) is 2. The maximum atomic E-state index is 2.64. The molecule has 0 saturated heterocycles. The van der Waals surface area contributed by atoms with Gasteiger partial charge in [0.05, 0.1) is 13.1 Å². The van der Waals surface area contributed by atoms with Crippen molar-refractivity contribution in [3.05, 3.63) is 18.2 Å². The van der Waals surface area contributed by atoms with E-state index in [0.29, 0.717) is 0 Å². The topological polar surface area (TPSA) is 8.81 Å². The van der Waals surface area contributed by atoms with Crippen LogP contribution in [0, 0.1) is 0 Å². The summed E-state index contributed by atoms with van der Waals surface area (Å²) in [6.45, 7) is 9.40. The van der Waals surface area contributed by atoms with Crippen LogP contribution >= 0.6 is 0 Å². The van der Waals surface area contributed by atoms with Crippen molar-refractivity contribution in [2.45, 2.75) is 239 Å². The van der Waals surface area contributed by atoms with E-state index in [2.05, 4.69) is 42.3 Å². The summed E-state index contributed by atoms with van der Waals surface area (Å²) in [6.07, 6.45) is 50.4. The molecule has 0 N–H and O–H groups in total. The largest absolute Gasteiger partial charge is 0.256 e. The van der Waals surface area contributed by atoms with Gasteiger partial charge in [-0.05, 0) is 32.1 Å². The molecule has 248 valence electrons. The van der Waals surface area contributed by atoms with Gasteiger partial charge in [-0.2, -0.15) is 0 Å². The van der Waals surface area contributed by atoms with Gasteiger partial charge < -0.3 is 0 Å². The van der Waals surface area contributed by atoms with E-state index < -0.39 is 0 Å². The minimum absolute atomic E-state index is 1.23. The highest BCUT2D eigenvalue weighted by molar-refractivity contribution is 4.84. The summed E-state index contributed by atoms with van der Waals surface area (Å²) in [5.74, 6) is 1.62. The number of hydrogen-bond acceptors (Lipinski definition) is 0. The second-order valence-electron chi connectivity index (χ2n) is 13.8. The van der Waals surface area contributed by atoms with Gasteiger partial charge in [0, 0.05) is 6.42 Å². The zero-order valence-corrected chi connectivity index (χ0v) is 29.6. The molecule has 0 radical (unpaired) electrons. The maximum absolute atomic E-state index is 2.64. The van der Waals surface area contributed by atoms with Crippen LogP contribution in [0.15, 0.2) is 12.4 Å². The summed E-state index contributed by atoms with van der Waals surface area (Å²) in [5, 5.41) is 0. The Balaban J connectivity index is 2.27. The van der Waals surface area contributed by atoms with Gasteiger partial charge in [-0.1, -0.05) is 188 Å². The van der Waals surface area contributed by atoms with E-state index in [1.165, 1.54) is 219 Å². The number of unbranched alkanes of at least 4 members (excludes halogenated alkanes) is 28. The maximum Gasteiger partial charge on any atom is 0.256 e. The van der Waals surface area contributed by atoms with Gasteiger partial charge in [0.15, 0.2) is 0 Å². The van der Waals surface area contributed by atoms with Crippen LogP contribution in [-0.2, 0) is 19.5 Å². The molecule has 1 aromatic rings. The Morgan fingerprint density at radius 1 is 0.405 bits per heavy atom. The fourth-order valence-corrected chi connectivity index (χ4v) is 6.68. The number of aromatic nitrogens is 2. The van der Waals surface area contributed by atoms with E-state index in [1.807, 2.05) is 0 Å². The highest BCUT2D eigenvalue weighted by Crippen LogP contribution is 2.15. The Morgan fingerprint density at radius 3 is 1.14 bits per heavy atom. The molecule has 1 aromatic heterocycles. The van der Waals surface area contributed by atoms with Crippen molar-refractivity contribution in [1.29, 1.82) is 0 Å². The molecule has 0 unspecified atom stereocenters. The summed E-state index contributed by atoms with van der Waals surface area (Å²) in [4.78, 5) is 0. The highest BCUT2D eigenvalue weighted by Gasteiger charge is 2.16. The molecule has 0 atom stereocenters. The molecule has 42 heavy (non-hydrogen) atoms. The zero-order chi connectivity index (χ0) is 30.2. The average molecular weight is 588 g/mol. The van der Waals surface area contributed by atoms with Gasteiger partial charge in [-0.15, -0.1) is 0 Å². The van der Waals surface area contributed by atoms with Crippen LogP contribution in [0.4, 0.5) is 0 Å². The molecule has 0 aromatic carbocycles. The van der Waals surface area contributed by atoms with E-state index in [-0.39, 0.29) is 0 Å². The van der Waals surface area contributed by atoms with Crippen LogP contribution < -0.4 is 4.57 Å². The van der Waals surface area contributed by atoms with E-state index in [1.54, 1.807) is 5.82 Å². The summed E-state index contributed by atoms with van der Waals surface area (Å²) in [5.41, 5.74) is 0. The molecule has 2 heteroatoms. The van der Waals surface area contributed by atoms with Crippen LogP contribution in [-0.4, -0.2) is 4.57 Å². The van der Waals surface area contributed by atoms with Crippen molar-refractivity contribution in [2.24, 2.45) is 0 Å². The molecule has 1 rings (SSSR count). The predicted molar refractivity (Wildman–Crippen MR) is 188 cm³/mol. The molecule has 0 bridgehead atoms. The smallest absolute Gasteiger partial charge is 0.234 e. The standard InChI is InChI=1S/C40H79N2/c1-4-7-10-13-16-18-20-21-23-25-28-31-34-37-42-39-38-41(36-33-30-27-15-12-9-6-3)40(42)35-32-29-26-24-22-19-17-14-11-8-5-2/h38-39H,4-37H2,1-3H3/q+1. The Morgan fingerprint density at radius 2 is 0.738 bits per heavy atom. The summed E-state index contributed by atoms with van der Waals surface area (Å²) in [6, 6.07) is 0. The van der Waals surface area contributed by atoms with Gasteiger partial charge >= 0.3 is 0 Å². The molecular formula is C40H79N2+. The Labute approximate surface area is 266 Å². The van der Waals surface area contributed by atoms with Gasteiger partial charge in [-0.25, -0.2) is 9.13 Å². The average Bonchev–Trinajstić information content (AvgIpc) is 3.38. The van der Waals surface area contributed by atoms with Gasteiger partial charge in [0.1, 0.15) is 12.4 Å². The molecule has 2 nitrogen and oxygen atoms in total. The van der Waals surface area contributed by atoms with Gasteiger partial charge in [-0.3, -0.25) is 0 Å². The Kier molecular flexibility index (Phi) is 29.5. The van der Waals surface area contributed by atoms with Crippen molar-refractivity contribution in [3.63, 3.8) is 0 Å². The van der Waals surface area contributed by atoms with Crippen molar-refractivity contribution < 1.29 is 4.57 Å². The van der Waals surface area contributed by atoms with Crippen LogP contribution in [0.25, 0.3) is 0 Å². The van der Waals surface area contributed by atoms with E-state index >= 15 is 0 Å². The molecule has 0 aliphatic carbocycles. The third-order valence-corrected chi connectivity index (χ3v) is 9.60. The summed E-state index contributed by atoms with van der Waals surface area (Å²) in [7, 11) is 0. The number of rotatable bonds is 34. The molecule has 0 aliphatic heterocycles. The summed E-state index contributed by atoms with van der Waals surface area (Å²) >= 11 is 0. The minimum atomic E-state index is 1.23. The second-order valence-corrected chi connectivity index (χ2v) is 13.8.